The highest BCUT2D eigenvalue weighted by Crippen LogP contribution is 2.22. The van der Waals surface area contributed by atoms with Crippen LogP contribution in [-0.2, 0) is 14.6 Å². The second kappa shape index (κ2) is 7.81. The number of ether oxygens (including phenoxy) is 1. The number of nitrogens with zero attached hydrogens (tertiary/aromatic N) is 2. The Morgan fingerprint density at radius 2 is 2.04 bits per heavy atom. The molecule has 1 amide bonds. The first-order valence-corrected chi connectivity index (χ1v) is 9.94. The smallest absolute Gasteiger partial charge is 0.269 e. The maximum atomic E-state index is 12.6. The predicted octanol–water partition coefficient (Wildman–Crippen LogP) is 1.79. The first-order chi connectivity index (χ1) is 11.7. The van der Waals surface area contributed by atoms with Crippen LogP contribution in [0.1, 0.15) is 26.7 Å². The van der Waals surface area contributed by atoms with E-state index >= 15 is 0 Å². The summed E-state index contributed by atoms with van der Waals surface area (Å²) in [5.74, 6) is 0.152. The zero-order valence-electron chi connectivity index (χ0n) is 14.3. The van der Waals surface area contributed by atoms with Gasteiger partial charge in [0.15, 0.2) is 16.4 Å². The Labute approximate surface area is 146 Å². The fourth-order valence-electron chi connectivity index (χ4n) is 2.88. The number of carbonyl (C=O) groups is 1. The molecule has 1 aromatic carbocycles. The molecule has 1 fully saturated rings. The van der Waals surface area contributed by atoms with E-state index in [1.54, 1.807) is 4.90 Å². The van der Waals surface area contributed by atoms with Crippen molar-refractivity contribution in [3.05, 3.63) is 34.4 Å². The number of carbonyl (C=O) groups excluding carboxylic acids is 1. The van der Waals surface area contributed by atoms with Crippen molar-refractivity contribution in [1.82, 2.24) is 4.90 Å². The lowest BCUT2D eigenvalue weighted by Crippen LogP contribution is -2.48. The molecule has 0 saturated carbocycles. The van der Waals surface area contributed by atoms with Crippen molar-refractivity contribution < 1.29 is 22.9 Å². The quantitative estimate of drug-likeness (QED) is 0.535. The van der Waals surface area contributed by atoms with Gasteiger partial charge in [-0.2, -0.15) is 0 Å². The number of nitro groups is 1. The van der Waals surface area contributed by atoms with Crippen molar-refractivity contribution in [3.8, 4) is 5.75 Å². The lowest BCUT2D eigenvalue weighted by molar-refractivity contribution is -0.384. The number of hydrogen-bond donors (Lipinski definition) is 0. The summed E-state index contributed by atoms with van der Waals surface area (Å²) in [6, 6.07) is 5.04. The fraction of sp³-hybridized carbons (Fsp3) is 0.562. The zero-order valence-corrected chi connectivity index (χ0v) is 15.1. The molecule has 1 saturated heterocycles. The molecule has 0 radical (unpaired) electrons. The Morgan fingerprint density at radius 1 is 1.40 bits per heavy atom. The third-order valence-corrected chi connectivity index (χ3v) is 6.12. The lowest BCUT2D eigenvalue weighted by Gasteiger charge is -2.33. The molecule has 138 valence electrons. The van der Waals surface area contributed by atoms with Gasteiger partial charge >= 0.3 is 0 Å². The minimum Gasteiger partial charge on any atom is -0.484 e. The molecular formula is C16H22N2O6S. The van der Waals surface area contributed by atoms with Gasteiger partial charge in [0.1, 0.15) is 5.75 Å². The fourth-order valence-corrected chi connectivity index (χ4v) is 4.60. The maximum absolute atomic E-state index is 12.6. The molecule has 1 aromatic rings. The van der Waals surface area contributed by atoms with Crippen LogP contribution in [0.3, 0.4) is 0 Å². The van der Waals surface area contributed by atoms with Crippen LogP contribution in [0.2, 0.25) is 0 Å². The summed E-state index contributed by atoms with van der Waals surface area (Å²) in [5.41, 5.74) is -0.0592. The molecule has 1 heterocycles. The summed E-state index contributed by atoms with van der Waals surface area (Å²) in [6.07, 6.45) is 1.15. The molecule has 2 atom stereocenters. The Hall–Kier alpha value is -2.16. The second-order valence-electron chi connectivity index (χ2n) is 6.15. The summed E-state index contributed by atoms with van der Waals surface area (Å²) in [5, 5.41) is 10.6. The average Bonchev–Trinajstić information content (AvgIpc) is 2.92. The van der Waals surface area contributed by atoms with Crippen molar-refractivity contribution in [2.45, 2.75) is 38.8 Å². The van der Waals surface area contributed by atoms with E-state index in [9.17, 15) is 23.3 Å². The summed E-state index contributed by atoms with van der Waals surface area (Å²) >= 11 is 0. The molecule has 0 aromatic heterocycles. The van der Waals surface area contributed by atoms with Crippen LogP contribution in [-0.4, -0.2) is 54.3 Å². The number of sulfone groups is 1. The Kier molecular flexibility index (Phi) is 5.99. The largest absolute Gasteiger partial charge is 0.484 e. The van der Waals surface area contributed by atoms with Gasteiger partial charge in [0, 0.05) is 24.2 Å². The monoisotopic (exact) mass is 370 g/mol. The van der Waals surface area contributed by atoms with E-state index in [2.05, 4.69) is 0 Å². The van der Waals surface area contributed by atoms with Crippen molar-refractivity contribution in [3.63, 3.8) is 0 Å². The van der Waals surface area contributed by atoms with Crippen LogP contribution in [0, 0.1) is 10.1 Å². The third kappa shape index (κ3) is 4.91. The van der Waals surface area contributed by atoms with E-state index in [4.69, 9.17) is 4.74 Å². The summed E-state index contributed by atoms with van der Waals surface area (Å²) in [4.78, 5) is 24.3. The van der Waals surface area contributed by atoms with Gasteiger partial charge in [0.05, 0.1) is 16.4 Å². The minimum atomic E-state index is -3.09. The maximum Gasteiger partial charge on any atom is 0.269 e. The van der Waals surface area contributed by atoms with Crippen molar-refractivity contribution in [1.29, 1.82) is 0 Å². The van der Waals surface area contributed by atoms with E-state index in [1.165, 1.54) is 24.3 Å². The Morgan fingerprint density at radius 3 is 2.52 bits per heavy atom. The molecule has 8 nitrogen and oxygen atoms in total. The number of nitro benzene ring substituents is 1. The number of rotatable bonds is 7. The van der Waals surface area contributed by atoms with Crippen LogP contribution in [0.4, 0.5) is 5.69 Å². The molecule has 1 aliphatic rings. The molecular weight excluding hydrogens is 348 g/mol. The van der Waals surface area contributed by atoms with E-state index < -0.39 is 14.8 Å². The number of benzene rings is 1. The number of non-ortho nitro benzene ring substituents is 1. The molecule has 2 rings (SSSR count). The van der Waals surface area contributed by atoms with Crippen LogP contribution >= 0.6 is 0 Å². The molecule has 0 bridgehead atoms. The van der Waals surface area contributed by atoms with E-state index in [-0.39, 0.29) is 41.8 Å². The van der Waals surface area contributed by atoms with E-state index in [0.717, 1.165) is 0 Å². The first kappa shape index (κ1) is 19.2. The molecule has 1 aliphatic heterocycles. The molecule has 9 heteroatoms. The highest BCUT2D eigenvalue weighted by atomic mass is 32.2. The first-order valence-electron chi connectivity index (χ1n) is 8.12. The van der Waals surface area contributed by atoms with E-state index in [1.807, 2.05) is 13.8 Å². The van der Waals surface area contributed by atoms with Gasteiger partial charge in [0.2, 0.25) is 0 Å². The number of amides is 1. The van der Waals surface area contributed by atoms with Gasteiger partial charge < -0.3 is 9.64 Å². The summed E-state index contributed by atoms with van der Waals surface area (Å²) < 4.78 is 28.9. The summed E-state index contributed by atoms with van der Waals surface area (Å²) in [7, 11) is -3.09. The topological polar surface area (TPSA) is 107 Å². The van der Waals surface area contributed by atoms with Crippen molar-refractivity contribution in [2.24, 2.45) is 0 Å². The van der Waals surface area contributed by atoms with Gasteiger partial charge in [-0.05, 0) is 31.9 Å². The molecule has 25 heavy (non-hydrogen) atoms. The van der Waals surface area contributed by atoms with Crippen molar-refractivity contribution in [2.75, 3.05) is 18.1 Å². The van der Waals surface area contributed by atoms with E-state index in [0.29, 0.717) is 18.6 Å². The summed E-state index contributed by atoms with van der Waals surface area (Å²) in [6.45, 7) is 3.58. The van der Waals surface area contributed by atoms with Gasteiger partial charge in [0.25, 0.3) is 11.6 Å². The minimum absolute atomic E-state index is 0.0133. The normalized spacial score (nSPS) is 20.0. The van der Waals surface area contributed by atoms with Gasteiger partial charge in [-0.1, -0.05) is 6.92 Å². The van der Waals surface area contributed by atoms with Gasteiger partial charge in [-0.25, -0.2) is 8.42 Å². The van der Waals surface area contributed by atoms with Crippen molar-refractivity contribution >= 4 is 21.4 Å². The lowest BCUT2D eigenvalue weighted by atomic mass is 10.1. The Bertz CT molecular complexity index is 731. The third-order valence-electron chi connectivity index (χ3n) is 4.37. The Balaban J connectivity index is 2.03. The standard InChI is InChI=1S/C16H22N2O6S/c1-3-12(2)17(14-8-9-25(22,23)11-14)16(19)10-24-15-6-4-13(5-7-15)18(20)21/h4-7,12,14H,3,8-11H2,1-2H3. The molecule has 2 unspecified atom stereocenters. The SMILES string of the molecule is CCC(C)N(C(=O)COc1ccc([N+](=O)[O-])cc1)C1CCS(=O)(=O)C1. The molecule has 0 spiro atoms. The highest BCUT2D eigenvalue weighted by Gasteiger charge is 2.36. The van der Waals surface area contributed by atoms with Crippen LogP contribution < -0.4 is 4.74 Å². The second-order valence-corrected chi connectivity index (χ2v) is 8.38. The number of hydrogen-bond acceptors (Lipinski definition) is 6. The van der Waals surface area contributed by atoms with Gasteiger partial charge in [-0.3, -0.25) is 14.9 Å². The van der Waals surface area contributed by atoms with Crippen LogP contribution in [0.15, 0.2) is 24.3 Å². The van der Waals surface area contributed by atoms with Gasteiger partial charge in [-0.15, -0.1) is 0 Å². The zero-order chi connectivity index (χ0) is 18.6. The predicted molar refractivity (Wildman–Crippen MR) is 92.2 cm³/mol. The average molecular weight is 370 g/mol. The van der Waals surface area contributed by atoms with Crippen LogP contribution in [0.5, 0.6) is 5.75 Å². The highest BCUT2D eigenvalue weighted by molar-refractivity contribution is 7.91. The van der Waals surface area contributed by atoms with Crippen LogP contribution in [0.25, 0.3) is 0 Å². The molecule has 0 aliphatic carbocycles. The molecule has 0 N–H and O–H groups in total.